The molecule has 39 heavy (non-hydrogen) atoms. The molecule has 8 nitrogen and oxygen atoms in total. The third-order valence-corrected chi connectivity index (χ3v) is 7.17. The molecule has 1 N–H and O–H groups in total. The highest BCUT2D eigenvalue weighted by molar-refractivity contribution is 5.96. The van der Waals surface area contributed by atoms with Gasteiger partial charge < -0.3 is 14.4 Å². The zero-order valence-electron chi connectivity index (χ0n) is 20.4. The van der Waals surface area contributed by atoms with E-state index in [0.717, 1.165) is 11.6 Å². The van der Waals surface area contributed by atoms with Gasteiger partial charge in [-0.2, -0.15) is 13.2 Å². The summed E-state index contributed by atoms with van der Waals surface area (Å²) < 4.78 is 61.3. The van der Waals surface area contributed by atoms with Gasteiger partial charge in [-0.25, -0.2) is 14.4 Å². The molecule has 0 bridgehead atoms. The van der Waals surface area contributed by atoms with Gasteiger partial charge in [-0.15, -0.1) is 0 Å². The Morgan fingerprint density at radius 1 is 1.10 bits per heavy atom. The van der Waals surface area contributed by atoms with Crippen LogP contribution in [0, 0.1) is 5.82 Å². The Morgan fingerprint density at radius 3 is 2.54 bits per heavy atom. The summed E-state index contributed by atoms with van der Waals surface area (Å²) in [4.78, 5) is 33.0. The van der Waals surface area contributed by atoms with E-state index < -0.39 is 23.3 Å². The molecular formula is C27H21F4N5O3. The first-order chi connectivity index (χ1) is 18.6. The summed E-state index contributed by atoms with van der Waals surface area (Å²) in [5.74, 6) is -1.10. The van der Waals surface area contributed by atoms with Gasteiger partial charge in [0.2, 0.25) is 5.91 Å². The summed E-state index contributed by atoms with van der Waals surface area (Å²) in [7, 11) is 0. The van der Waals surface area contributed by atoms with Crippen LogP contribution in [-0.4, -0.2) is 37.6 Å². The normalized spacial score (nSPS) is 15.8. The number of hydrogen-bond donors (Lipinski definition) is 1. The summed E-state index contributed by atoms with van der Waals surface area (Å²) in [5.41, 5.74) is 0.786. The molecule has 1 aliphatic carbocycles. The van der Waals surface area contributed by atoms with Gasteiger partial charge in [-0.1, -0.05) is 17.3 Å². The molecule has 12 heteroatoms. The second-order valence-corrected chi connectivity index (χ2v) is 9.85. The summed E-state index contributed by atoms with van der Waals surface area (Å²) in [6, 6.07) is 7.26. The van der Waals surface area contributed by atoms with Gasteiger partial charge in [0.25, 0.3) is 0 Å². The standard InChI is InChI=1S/C27H21F4N5O3/c28-19-9-16(18-12-32-23(33-13-18)8-15-7-20-21(37)3-6-36(20)14-15)1-2-17(19)10-25(38)34-24-11-22(39-35-24)26(4-5-26)27(29,30)31/h1-2,7,9,11-14H,3-6,8,10H2,(H,34,35,38). The Bertz CT molecular complexity index is 1590. The van der Waals surface area contributed by atoms with Crippen LogP contribution < -0.4 is 5.32 Å². The predicted molar refractivity (Wildman–Crippen MR) is 129 cm³/mol. The maximum atomic E-state index is 14.8. The third-order valence-electron chi connectivity index (χ3n) is 7.17. The summed E-state index contributed by atoms with van der Waals surface area (Å²) in [5, 5.41) is 5.87. The zero-order valence-corrected chi connectivity index (χ0v) is 20.4. The maximum absolute atomic E-state index is 14.8. The number of rotatable bonds is 7. The number of alkyl halides is 3. The van der Waals surface area contributed by atoms with Crippen molar-refractivity contribution in [3.8, 4) is 11.1 Å². The number of amides is 1. The van der Waals surface area contributed by atoms with E-state index in [0.29, 0.717) is 42.0 Å². The molecular weight excluding hydrogens is 518 g/mol. The van der Waals surface area contributed by atoms with E-state index in [-0.39, 0.29) is 42.2 Å². The SMILES string of the molecule is O=C(Cc1ccc(-c2cnc(Cc3cc4n(c3)CCC4=O)nc2)cc1F)Nc1cc(C2(C(F)(F)F)CC2)on1. The maximum Gasteiger partial charge on any atom is 0.401 e. The van der Waals surface area contributed by atoms with Crippen molar-refractivity contribution in [2.24, 2.45) is 0 Å². The monoisotopic (exact) mass is 539 g/mol. The van der Waals surface area contributed by atoms with Crippen molar-refractivity contribution >= 4 is 17.5 Å². The zero-order chi connectivity index (χ0) is 27.4. The number of benzene rings is 1. The van der Waals surface area contributed by atoms with Crippen molar-refractivity contribution in [1.82, 2.24) is 19.7 Å². The lowest BCUT2D eigenvalue weighted by atomic mass is 10.0. The van der Waals surface area contributed by atoms with Crippen molar-refractivity contribution < 1.29 is 31.7 Å². The fourth-order valence-corrected chi connectivity index (χ4v) is 4.80. The van der Waals surface area contributed by atoms with Crippen LogP contribution in [-0.2, 0) is 29.6 Å². The van der Waals surface area contributed by atoms with Crippen LogP contribution in [0.1, 0.15) is 52.5 Å². The highest BCUT2D eigenvalue weighted by atomic mass is 19.4. The number of carbonyl (C=O) groups is 2. The van der Waals surface area contributed by atoms with Crippen molar-refractivity contribution in [2.45, 2.75) is 50.2 Å². The van der Waals surface area contributed by atoms with E-state index in [9.17, 15) is 27.2 Å². The Balaban J connectivity index is 1.08. The fourth-order valence-electron chi connectivity index (χ4n) is 4.80. The van der Waals surface area contributed by atoms with Gasteiger partial charge in [0.15, 0.2) is 17.4 Å². The van der Waals surface area contributed by atoms with Crippen molar-refractivity contribution in [3.63, 3.8) is 0 Å². The molecule has 4 heterocycles. The molecule has 0 spiro atoms. The van der Waals surface area contributed by atoms with Gasteiger partial charge in [0.1, 0.15) is 17.1 Å². The lowest BCUT2D eigenvalue weighted by molar-refractivity contribution is -0.165. The van der Waals surface area contributed by atoms with Crippen molar-refractivity contribution in [3.05, 3.63) is 83.1 Å². The highest BCUT2D eigenvalue weighted by Crippen LogP contribution is 2.59. The van der Waals surface area contributed by atoms with Gasteiger partial charge in [0, 0.05) is 49.6 Å². The van der Waals surface area contributed by atoms with Crippen LogP contribution >= 0.6 is 0 Å². The number of aryl methyl sites for hydroxylation is 1. The van der Waals surface area contributed by atoms with E-state index in [2.05, 4.69) is 20.4 Å². The van der Waals surface area contributed by atoms with Crippen LogP contribution in [0.5, 0.6) is 0 Å². The molecule has 3 aromatic heterocycles. The molecule has 2 aliphatic rings. The van der Waals surface area contributed by atoms with Gasteiger partial charge in [0.05, 0.1) is 12.1 Å². The van der Waals surface area contributed by atoms with E-state index >= 15 is 0 Å². The number of hydrogen-bond acceptors (Lipinski definition) is 6. The number of nitrogens with one attached hydrogen (secondary N) is 1. The van der Waals surface area contributed by atoms with Gasteiger partial charge in [-0.05, 0) is 41.7 Å². The molecule has 6 rings (SSSR count). The van der Waals surface area contributed by atoms with Crippen LogP contribution in [0.4, 0.5) is 23.4 Å². The number of nitrogens with zero attached hydrogens (tertiary/aromatic N) is 4. The smallest absolute Gasteiger partial charge is 0.358 e. The van der Waals surface area contributed by atoms with E-state index in [4.69, 9.17) is 4.52 Å². The molecule has 1 amide bonds. The third kappa shape index (κ3) is 4.70. The molecule has 200 valence electrons. The van der Waals surface area contributed by atoms with Crippen molar-refractivity contribution in [1.29, 1.82) is 0 Å². The molecule has 0 saturated heterocycles. The van der Waals surface area contributed by atoms with E-state index in [1.165, 1.54) is 12.1 Å². The second kappa shape index (κ2) is 9.14. The number of halogens is 4. The Labute approximate surface area is 219 Å². The first-order valence-corrected chi connectivity index (χ1v) is 12.3. The summed E-state index contributed by atoms with van der Waals surface area (Å²) in [6.07, 6.45) is 1.06. The summed E-state index contributed by atoms with van der Waals surface area (Å²) >= 11 is 0. The predicted octanol–water partition coefficient (Wildman–Crippen LogP) is 5.02. The fraction of sp³-hybridized carbons (Fsp3) is 0.296. The summed E-state index contributed by atoms with van der Waals surface area (Å²) in [6.45, 7) is 0.681. The molecule has 1 saturated carbocycles. The quantitative estimate of drug-likeness (QED) is 0.331. The second-order valence-electron chi connectivity index (χ2n) is 9.85. The lowest BCUT2D eigenvalue weighted by Crippen LogP contribution is -2.28. The Hall–Kier alpha value is -4.35. The number of carbonyl (C=O) groups excluding carboxylic acids is 2. The molecule has 1 aromatic carbocycles. The number of aromatic nitrogens is 4. The minimum atomic E-state index is -4.46. The van der Waals surface area contributed by atoms with Crippen LogP contribution in [0.3, 0.4) is 0 Å². The first kappa shape index (κ1) is 25.0. The number of ketones is 1. The van der Waals surface area contributed by atoms with Gasteiger partial charge >= 0.3 is 6.18 Å². The Kier molecular flexibility index (Phi) is 5.85. The van der Waals surface area contributed by atoms with Gasteiger partial charge in [-0.3, -0.25) is 9.59 Å². The number of anilines is 1. The van der Waals surface area contributed by atoms with Crippen LogP contribution in [0.25, 0.3) is 11.1 Å². The highest BCUT2D eigenvalue weighted by Gasteiger charge is 2.66. The Morgan fingerprint density at radius 2 is 1.87 bits per heavy atom. The van der Waals surface area contributed by atoms with Crippen molar-refractivity contribution in [2.75, 3.05) is 5.32 Å². The minimum Gasteiger partial charge on any atom is -0.358 e. The molecule has 1 aliphatic heterocycles. The molecule has 0 atom stereocenters. The van der Waals surface area contributed by atoms with E-state index in [1.54, 1.807) is 18.5 Å². The molecule has 0 unspecified atom stereocenters. The largest absolute Gasteiger partial charge is 0.401 e. The van der Waals surface area contributed by atoms with E-state index in [1.807, 2.05) is 16.8 Å². The topological polar surface area (TPSA) is 103 Å². The average Bonchev–Trinajstić information content (AvgIpc) is 3.25. The molecule has 4 aromatic rings. The molecule has 1 fully saturated rings. The average molecular weight is 539 g/mol. The van der Waals surface area contributed by atoms with Crippen LogP contribution in [0.2, 0.25) is 0 Å². The molecule has 0 radical (unpaired) electrons. The number of Topliss-reactive ketones (excluding diaryl/α,β-unsaturated/α-hetero) is 1. The first-order valence-electron chi connectivity index (χ1n) is 12.3. The van der Waals surface area contributed by atoms with Crippen LogP contribution in [0.15, 0.2) is 53.4 Å². The lowest BCUT2D eigenvalue weighted by Gasteiger charge is -2.14. The minimum absolute atomic E-state index is 0.0957. The number of fused-ring (bicyclic) bond motifs is 1.